The van der Waals surface area contributed by atoms with Crippen LogP contribution >= 0.6 is 11.8 Å². The molecule has 2 aromatic rings. The molecule has 2 rings (SSSR count). The van der Waals surface area contributed by atoms with E-state index in [-0.39, 0.29) is 30.4 Å². The highest BCUT2D eigenvalue weighted by Gasteiger charge is 2.20. The van der Waals surface area contributed by atoms with Gasteiger partial charge >= 0.3 is 17.9 Å². The van der Waals surface area contributed by atoms with Gasteiger partial charge in [-0.3, -0.25) is 9.59 Å². The molecular formula is C31H42O6S. The standard InChI is InChI=1S/C28H34O6S.C3H8/c1-5-6-7-24(28(31)32-16-17-35-4)18-21-8-12-23(13-9-21)27(30)33-19-22-10-14-25(15-11-22)34-26(29)20(2)3;1-3-2/h5,8-15,20,24H,1,6-7,16-19H2,2-4H3;3H2,1-2H3. The summed E-state index contributed by atoms with van der Waals surface area (Å²) in [6.45, 7) is 12.0. The van der Waals surface area contributed by atoms with E-state index in [0.29, 0.717) is 30.8 Å². The molecule has 6 nitrogen and oxygen atoms in total. The molecule has 0 saturated heterocycles. The van der Waals surface area contributed by atoms with E-state index in [9.17, 15) is 14.4 Å². The molecule has 0 saturated carbocycles. The van der Waals surface area contributed by atoms with Crippen LogP contribution < -0.4 is 4.74 Å². The Morgan fingerprint density at radius 3 is 2.08 bits per heavy atom. The molecule has 0 fully saturated rings. The van der Waals surface area contributed by atoms with E-state index in [0.717, 1.165) is 23.3 Å². The Kier molecular flexibility index (Phi) is 16.5. The molecular weight excluding hydrogens is 500 g/mol. The molecule has 0 amide bonds. The molecule has 1 unspecified atom stereocenters. The number of rotatable bonds is 14. The van der Waals surface area contributed by atoms with Crippen LogP contribution in [0.4, 0.5) is 0 Å². The number of allylic oxidation sites excluding steroid dienone is 1. The third-order valence-corrected chi connectivity index (χ3v) is 5.81. The first-order valence-electron chi connectivity index (χ1n) is 13.1. The van der Waals surface area contributed by atoms with Crippen molar-refractivity contribution < 1.29 is 28.6 Å². The van der Waals surface area contributed by atoms with E-state index in [1.54, 1.807) is 68.1 Å². The summed E-state index contributed by atoms with van der Waals surface area (Å²) in [6, 6.07) is 13.9. The van der Waals surface area contributed by atoms with Gasteiger partial charge in [-0.05, 0) is 60.9 Å². The number of thioether (sulfide) groups is 1. The molecule has 0 heterocycles. The molecule has 0 aliphatic heterocycles. The minimum Gasteiger partial charge on any atom is -0.465 e. The smallest absolute Gasteiger partial charge is 0.338 e. The molecule has 0 spiro atoms. The van der Waals surface area contributed by atoms with Gasteiger partial charge in [0.25, 0.3) is 0 Å². The molecule has 0 aliphatic carbocycles. The van der Waals surface area contributed by atoms with Crippen LogP contribution in [-0.2, 0) is 32.1 Å². The van der Waals surface area contributed by atoms with Crippen LogP contribution in [0.2, 0.25) is 0 Å². The summed E-state index contributed by atoms with van der Waals surface area (Å²) < 4.78 is 16.0. The fourth-order valence-corrected chi connectivity index (χ4v) is 3.40. The van der Waals surface area contributed by atoms with E-state index >= 15 is 0 Å². The van der Waals surface area contributed by atoms with Crippen LogP contribution in [0.25, 0.3) is 0 Å². The quantitative estimate of drug-likeness (QED) is 0.109. The van der Waals surface area contributed by atoms with Crippen molar-refractivity contribution in [3.05, 3.63) is 77.9 Å². The van der Waals surface area contributed by atoms with Gasteiger partial charge in [0.15, 0.2) is 0 Å². The van der Waals surface area contributed by atoms with Gasteiger partial charge < -0.3 is 14.2 Å². The lowest BCUT2D eigenvalue weighted by Crippen LogP contribution is -2.21. The van der Waals surface area contributed by atoms with Gasteiger partial charge in [-0.2, -0.15) is 11.8 Å². The zero-order valence-corrected chi connectivity index (χ0v) is 24.2. The number of esters is 3. The second kappa shape index (κ2) is 19.1. The number of carbonyl (C=O) groups excluding carboxylic acids is 3. The van der Waals surface area contributed by atoms with Crippen molar-refractivity contribution in [2.75, 3.05) is 18.6 Å². The lowest BCUT2D eigenvalue weighted by molar-refractivity contribution is -0.148. The topological polar surface area (TPSA) is 78.9 Å². The predicted molar refractivity (Wildman–Crippen MR) is 154 cm³/mol. The third-order valence-electron chi connectivity index (χ3n) is 5.24. The second-order valence-electron chi connectivity index (χ2n) is 9.13. The summed E-state index contributed by atoms with van der Waals surface area (Å²) in [5.41, 5.74) is 2.16. The Hall–Kier alpha value is -3.06. The fraction of sp³-hybridized carbons (Fsp3) is 0.452. The minimum absolute atomic E-state index is 0.102. The first-order valence-corrected chi connectivity index (χ1v) is 14.5. The van der Waals surface area contributed by atoms with E-state index in [2.05, 4.69) is 20.4 Å². The van der Waals surface area contributed by atoms with Crippen LogP contribution in [0, 0.1) is 11.8 Å². The first kappa shape index (κ1) is 33.0. The maximum absolute atomic E-state index is 12.5. The maximum atomic E-state index is 12.5. The van der Waals surface area contributed by atoms with Gasteiger partial charge in [0.2, 0.25) is 0 Å². The molecule has 7 heteroatoms. The number of hydrogen-bond acceptors (Lipinski definition) is 7. The van der Waals surface area contributed by atoms with Crippen molar-refractivity contribution in [2.45, 2.75) is 60.0 Å². The third kappa shape index (κ3) is 13.0. The van der Waals surface area contributed by atoms with Crippen LogP contribution in [0.15, 0.2) is 61.2 Å². The van der Waals surface area contributed by atoms with Crippen molar-refractivity contribution >= 4 is 29.7 Å². The fourth-order valence-electron chi connectivity index (χ4n) is 3.15. The van der Waals surface area contributed by atoms with Crippen molar-refractivity contribution in [3.63, 3.8) is 0 Å². The normalized spacial score (nSPS) is 11.1. The van der Waals surface area contributed by atoms with Crippen molar-refractivity contribution in [1.29, 1.82) is 0 Å². The summed E-state index contributed by atoms with van der Waals surface area (Å²) in [7, 11) is 0. The number of benzene rings is 2. The summed E-state index contributed by atoms with van der Waals surface area (Å²) >= 11 is 1.63. The summed E-state index contributed by atoms with van der Waals surface area (Å²) in [4.78, 5) is 36.6. The Morgan fingerprint density at radius 2 is 1.53 bits per heavy atom. The zero-order valence-electron chi connectivity index (χ0n) is 23.4. The zero-order chi connectivity index (χ0) is 28.3. The summed E-state index contributed by atoms with van der Waals surface area (Å²) in [5, 5.41) is 0. The molecule has 0 bridgehead atoms. The molecule has 0 radical (unpaired) electrons. The van der Waals surface area contributed by atoms with Crippen molar-refractivity contribution in [2.24, 2.45) is 11.8 Å². The highest BCUT2D eigenvalue weighted by atomic mass is 32.2. The molecule has 0 N–H and O–H groups in total. The predicted octanol–water partition coefficient (Wildman–Crippen LogP) is 7.05. The molecule has 0 aromatic heterocycles. The van der Waals surface area contributed by atoms with Gasteiger partial charge in [-0.15, -0.1) is 6.58 Å². The van der Waals surface area contributed by atoms with Gasteiger partial charge in [0, 0.05) is 5.75 Å². The van der Waals surface area contributed by atoms with Crippen LogP contribution in [-0.4, -0.2) is 36.5 Å². The van der Waals surface area contributed by atoms with Crippen molar-refractivity contribution in [1.82, 2.24) is 0 Å². The lowest BCUT2D eigenvalue weighted by atomic mass is 9.94. The van der Waals surface area contributed by atoms with Crippen LogP contribution in [0.1, 0.15) is 68.4 Å². The van der Waals surface area contributed by atoms with E-state index in [1.807, 2.05) is 18.4 Å². The second-order valence-corrected chi connectivity index (χ2v) is 10.1. The van der Waals surface area contributed by atoms with E-state index in [1.165, 1.54) is 6.42 Å². The summed E-state index contributed by atoms with van der Waals surface area (Å²) in [5.74, 6) is -0.178. The van der Waals surface area contributed by atoms with E-state index < -0.39 is 5.97 Å². The SMILES string of the molecule is C=CCCC(Cc1ccc(C(=O)OCc2ccc(OC(=O)C(C)C)cc2)cc1)C(=O)OCCSC.CCC. The average molecular weight is 543 g/mol. The largest absolute Gasteiger partial charge is 0.465 e. The minimum atomic E-state index is -0.438. The molecule has 0 aliphatic rings. The highest BCUT2D eigenvalue weighted by molar-refractivity contribution is 7.98. The van der Waals surface area contributed by atoms with Crippen LogP contribution in [0.3, 0.4) is 0 Å². The Balaban J connectivity index is 0.00000229. The van der Waals surface area contributed by atoms with E-state index in [4.69, 9.17) is 14.2 Å². The monoisotopic (exact) mass is 542 g/mol. The number of hydrogen-bond donors (Lipinski definition) is 0. The van der Waals surface area contributed by atoms with Crippen molar-refractivity contribution in [3.8, 4) is 5.75 Å². The number of ether oxygens (including phenoxy) is 3. The maximum Gasteiger partial charge on any atom is 0.338 e. The average Bonchev–Trinajstić information content (AvgIpc) is 2.91. The van der Waals surface area contributed by atoms with Gasteiger partial charge in [0.1, 0.15) is 19.0 Å². The van der Waals surface area contributed by atoms with Gasteiger partial charge in [0.05, 0.1) is 17.4 Å². The summed E-state index contributed by atoms with van der Waals surface area (Å²) in [6.07, 6.45) is 6.95. The number of carbonyl (C=O) groups is 3. The van der Waals surface area contributed by atoms with Gasteiger partial charge in [-0.1, -0.05) is 64.5 Å². The molecule has 38 heavy (non-hydrogen) atoms. The Morgan fingerprint density at radius 1 is 0.921 bits per heavy atom. The lowest BCUT2D eigenvalue weighted by Gasteiger charge is -2.15. The molecule has 208 valence electrons. The first-order chi connectivity index (χ1) is 18.2. The molecule has 2 aromatic carbocycles. The van der Waals surface area contributed by atoms with Crippen LogP contribution in [0.5, 0.6) is 5.75 Å². The molecule has 1 atom stereocenters. The Labute approximate surface area is 232 Å². The van der Waals surface area contributed by atoms with Gasteiger partial charge in [-0.25, -0.2) is 4.79 Å². The highest BCUT2D eigenvalue weighted by Crippen LogP contribution is 2.19. The Bertz CT molecular complexity index is 982.